The molecule has 3 rings (SSSR count). The van der Waals surface area contributed by atoms with Gasteiger partial charge in [-0.1, -0.05) is 0 Å². The molecule has 2 aromatic carbocycles. The van der Waals surface area contributed by atoms with E-state index in [4.69, 9.17) is 12.2 Å². The molecule has 7 heteroatoms. The van der Waals surface area contributed by atoms with Crippen LogP contribution in [0.1, 0.15) is 0 Å². The minimum Gasteiger partial charge on any atom is -0.330 e. The van der Waals surface area contributed by atoms with Crippen LogP contribution in [0.25, 0.3) is 16.7 Å². The van der Waals surface area contributed by atoms with Gasteiger partial charge in [0.2, 0.25) is 0 Å². The fraction of sp³-hybridized carbons (Fsp3) is 0. The van der Waals surface area contributed by atoms with Gasteiger partial charge in [0.25, 0.3) is 0 Å². The largest absolute Gasteiger partial charge is 0.330 e. The van der Waals surface area contributed by atoms with Crippen LogP contribution < -0.4 is 0 Å². The number of hydrogen-bond acceptors (Lipinski definition) is 1. The van der Waals surface area contributed by atoms with E-state index in [1.807, 2.05) is 0 Å². The molecule has 2 nitrogen and oxygen atoms in total. The van der Waals surface area contributed by atoms with Crippen molar-refractivity contribution in [3.05, 3.63) is 58.4 Å². The molecule has 0 spiro atoms. The van der Waals surface area contributed by atoms with Gasteiger partial charge in [0.1, 0.15) is 11.6 Å². The maximum absolute atomic E-state index is 13.8. The molecule has 0 aliphatic carbocycles. The summed E-state index contributed by atoms with van der Waals surface area (Å²) < 4.78 is 54.7. The van der Waals surface area contributed by atoms with Gasteiger partial charge in [0.05, 0.1) is 16.7 Å². The van der Waals surface area contributed by atoms with Crippen LogP contribution in [0, 0.1) is 28.0 Å². The molecular weight excluding hydrogens is 292 g/mol. The quantitative estimate of drug-likeness (QED) is 0.405. The summed E-state index contributed by atoms with van der Waals surface area (Å²) in [4.78, 5) is 2.66. The van der Waals surface area contributed by atoms with Gasteiger partial charge < -0.3 is 4.98 Å². The third-order valence-electron chi connectivity index (χ3n) is 2.86. The van der Waals surface area contributed by atoms with Crippen molar-refractivity contribution < 1.29 is 17.6 Å². The van der Waals surface area contributed by atoms with E-state index >= 15 is 0 Å². The Morgan fingerprint density at radius 2 is 1.70 bits per heavy atom. The standard InChI is InChI=1S/C13H6F4N2S/c14-6-1-2-10-9(4-6)18-13(20)19(10)11-5-7(15)3-8(16)12(11)17/h1-5H,(H,18,20). The van der Waals surface area contributed by atoms with Crippen molar-refractivity contribution >= 4 is 23.3 Å². The third kappa shape index (κ3) is 1.90. The number of nitrogens with zero attached hydrogens (tertiary/aromatic N) is 1. The van der Waals surface area contributed by atoms with Gasteiger partial charge in [-0.3, -0.25) is 4.57 Å². The summed E-state index contributed by atoms with van der Waals surface area (Å²) in [5, 5.41) is 0. The van der Waals surface area contributed by atoms with Crippen LogP contribution >= 0.6 is 12.2 Å². The molecule has 1 heterocycles. The molecule has 102 valence electrons. The Bertz CT molecular complexity index is 882. The molecule has 0 aliphatic rings. The van der Waals surface area contributed by atoms with Crippen molar-refractivity contribution in [1.82, 2.24) is 9.55 Å². The van der Waals surface area contributed by atoms with Crippen molar-refractivity contribution in [2.45, 2.75) is 0 Å². The second-order valence-corrected chi connectivity index (χ2v) is 4.53. The van der Waals surface area contributed by atoms with Crippen LogP contribution in [0.3, 0.4) is 0 Å². The number of fused-ring (bicyclic) bond motifs is 1. The summed E-state index contributed by atoms with van der Waals surface area (Å²) >= 11 is 5.00. The molecule has 0 saturated heterocycles. The number of aromatic nitrogens is 2. The average molecular weight is 298 g/mol. The van der Waals surface area contributed by atoms with E-state index in [-0.39, 0.29) is 10.5 Å². The van der Waals surface area contributed by atoms with Crippen LogP contribution in [0.2, 0.25) is 0 Å². The second kappa shape index (κ2) is 4.45. The fourth-order valence-electron chi connectivity index (χ4n) is 2.03. The van der Waals surface area contributed by atoms with Gasteiger partial charge >= 0.3 is 0 Å². The lowest BCUT2D eigenvalue weighted by Gasteiger charge is -2.07. The molecule has 0 atom stereocenters. The van der Waals surface area contributed by atoms with E-state index < -0.39 is 23.3 Å². The number of halogens is 4. The Labute approximate surface area is 115 Å². The number of H-pyrrole nitrogens is 1. The van der Waals surface area contributed by atoms with Gasteiger partial charge in [-0.15, -0.1) is 0 Å². The summed E-state index contributed by atoms with van der Waals surface area (Å²) in [6, 6.07) is 4.92. The Morgan fingerprint density at radius 3 is 2.45 bits per heavy atom. The van der Waals surface area contributed by atoms with Crippen LogP contribution in [-0.4, -0.2) is 9.55 Å². The van der Waals surface area contributed by atoms with E-state index in [1.54, 1.807) is 0 Å². The van der Waals surface area contributed by atoms with Gasteiger partial charge in [-0.2, -0.15) is 0 Å². The zero-order valence-electron chi connectivity index (χ0n) is 9.75. The minimum atomic E-state index is -1.32. The Morgan fingerprint density at radius 1 is 0.950 bits per heavy atom. The second-order valence-electron chi connectivity index (χ2n) is 4.15. The molecule has 0 radical (unpaired) electrons. The van der Waals surface area contributed by atoms with E-state index in [0.717, 1.165) is 22.8 Å². The van der Waals surface area contributed by atoms with E-state index in [9.17, 15) is 17.6 Å². The monoisotopic (exact) mass is 298 g/mol. The van der Waals surface area contributed by atoms with Gasteiger partial charge in [-0.25, -0.2) is 17.6 Å². The predicted octanol–water partition coefficient (Wildman–Crippen LogP) is 4.24. The fourth-order valence-corrected chi connectivity index (χ4v) is 2.33. The van der Waals surface area contributed by atoms with Crippen LogP contribution in [0.4, 0.5) is 17.6 Å². The summed E-state index contributed by atoms with van der Waals surface area (Å²) in [6.07, 6.45) is 0. The molecule has 0 bridgehead atoms. The molecule has 1 N–H and O–H groups in total. The smallest absolute Gasteiger partial charge is 0.183 e. The molecule has 0 unspecified atom stereocenters. The SMILES string of the molecule is Fc1cc(F)c(F)c(-n2c(=S)[nH]c3cc(F)ccc32)c1. The molecule has 0 amide bonds. The number of nitrogens with one attached hydrogen (secondary N) is 1. The first-order valence-electron chi connectivity index (χ1n) is 5.52. The Balaban J connectivity index is 2.41. The summed E-state index contributed by atoms with van der Waals surface area (Å²) in [6.45, 7) is 0. The Hall–Kier alpha value is -2.15. The number of imidazole rings is 1. The number of hydrogen-bond donors (Lipinski definition) is 1. The lowest BCUT2D eigenvalue weighted by atomic mass is 10.2. The number of rotatable bonds is 1. The third-order valence-corrected chi connectivity index (χ3v) is 3.14. The lowest BCUT2D eigenvalue weighted by molar-refractivity contribution is 0.491. The molecule has 3 aromatic rings. The first-order valence-corrected chi connectivity index (χ1v) is 5.93. The highest BCUT2D eigenvalue weighted by molar-refractivity contribution is 7.71. The molecule has 0 aliphatic heterocycles. The summed E-state index contributed by atoms with van der Waals surface area (Å²) in [5.41, 5.74) is 0.254. The van der Waals surface area contributed by atoms with Gasteiger partial charge in [0, 0.05) is 12.1 Å². The maximum atomic E-state index is 13.8. The topological polar surface area (TPSA) is 20.7 Å². The average Bonchev–Trinajstić information content (AvgIpc) is 2.69. The first-order chi connectivity index (χ1) is 9.47. The van der Waals surface area contributed by atoms with Crippen molar-refractivity contribution in [2.24, 2.45) is 0 Å². The van der Waals surface area contributed by atoms with Gasteiger partial charge in [-0.05, 0) is 30.4 Å². The van der Waals surface area contributed by atoms with Crippen molar-refractivity contribution in [2.75, 3.05) is 0 Å². The molecule has 0 saturated carbocycles. The lowest BCUT2D eigenvalue weighted by Crippen LogP contribution is -2.01. The first kappa shape index (κ1) is 12.9. The van der Waals surface area contributed by atoms with Crippen LogP contribution in [-0.2, 0) is 0 Å². The van der Waals surface area contributed by atoms with E-state index in [2.05, 4.69) is 4.98 Å². The predicted molar refractivity (Wildman–Crippen MR) is 68.3 cm³/mol. The molecule has 1 aromatic heterocycles. The van der Waals surface area contributed by atoms with E-state index in [0.29, 0.717) is 17.1 Å². The molecular formula is C13H6F4N2S. The Kier molecular flexibility index (Phi) is 2.86. The zero-order valence-corrected chi connectivity index (χ0v) is 10.6. The zero-order chi connectivity index (χ0) is 14.4. The molecule has 20 heavy (non-hydrogen) atoms. The highest BCUT2D eigenvalue weighted by atomic mass is 32.1. The van der Waals surface area contributed by atoms with E-state index in [1.165, 1.54) is 6.07 Å². The maximum Gasteiger partial charge on any atom is 0.183 e. The minimum absolute atomic E-state index is 0.00880. The van der Waals surface area contributed by atoms with Crippen LogP contribution in [0.15, 0.2) is 30.3 Å². The normalized spacial score (nSPS) is 11.2. The highest BCUT2D eigenvalue weighted by Gasteiger charge is 2.16. The summed E-state index contributed by atoms with van der Waals surface area (Å²) in [7, 11) is 0. The molecule has 0 fully saturated rings. The van der Waals surface area contributed by atoms with Crippen molar-refractivity contribution in [1.29, 1.82) is 0 Å². The van der Waals surface area contributed by atoms with Crippen molar-refractivity contribution in [3.8, 4) is 5.69 Å². The van der Waals surface area contributed by atoms with Crippen molar-refractivity contribution in [3.63, 3.8) is 0 Å². The number of aromatic amines is 1. The van der Waals surface area contributed by atoms with Crippen LogP contribution in [0.5, 0.6) is 0 Å². The van der Waals surface area contributed by atoms with Gasteiger partial charge in [0.15, 0.2) is 16.4 Å². The number of benzene rings is 2. The highest BCUT2D eigenvalue weighted by Crippen LogP contribution is 2.24. The summed E-state index contributed by atoms with van der Waals surface area (Å²) in [5.74, 6) is -3.99.